The van der Waals surface area contributed by atoms with Crippen LogP contribution in [0.5, 0.6) is 0 Å². The molecule has 19 heavy (non-hydrogen) atoms. The predicted octanol–water partition coefficient (Wildman–Crippen LogP) is 3.76. The Kier molecular flexibility index (Phi) is 4.98. The van der Waals surface area contributed by atoms with Crippen LogP contribution in [-0.4, -0.2) is 21.1 Å². The number of nitrogens with zero attached hydrogens (tertiary/aromatic N) is 1. The average molecular weight is 272 g/mol. The number of nitrogens with one attached hydrogen (secondary N) is 1. The van der Waals surface area contributed by atoms with Gasteiger partial charge in [-0.05, 0) is 18.1 Å². The minimum absolute atomic E-state index is 0.172. The Morgan fingerprint density at radius 1 is 1.37 bits per heavy atom. The van der Waals surface area contributed by atoms with Crippen LogP contribution in [0.25, 0.3) is 17.3 Å². The van der Waals surface area contributed by atoms with Crippen LogP contribution in [0.4, 0.5) is 0 Å². The van der Waals surface area contributed by atoms with E-state index in [0.29, 0.717) is 0 Å². The van der Waals surface area contributed by atoms with Crippen molar-refractivity contribution < 1.29 is 4.79 Å². The van der Waals surface area contributed by atoms with Crippen molar-refractivity contribution in [2.45, 2.75) is 13.3 Å². The van der Waals surface area contributed by atoms with Gasteiger partial charge in [-0.25, -0.2) is 0 Å². The average Bonchev–Trinajstić information content (AvgIpc) is 2.92. The second-order valence-electron chi connectivity index (χ2n) is 4.09. The first-order valence-corrected chi connectivity index (χ1v) is 7.14. The molecule has 4 heteroatoms. The van der Waals surface area contributed by atoms with Gasteiger partial charge >= 0.3 is 0 Å². The minimum Gasteiger partial charge on any atom is -0.288 e. The Bertz CT molecular complexity index is 561. The van der Waals surface area contributed by atoms with Gasteiger partial charge in [-0.15, -0.1) is 0 Å². The molecule has 0 saturated carbocycles. The molecule has 0 unspecified atom stereocenters. The molecule has 3 nitrogen and oxygen atoms in total. The molecule has 2 rings (SSSR count). The third kappa shape index (κ3) is 4.10. The molecule has 1 N–H and O–H groups in total. The van der Waals surface area contributed by atoms with E-state index in [-0.39, 0.29) is 5.12 Å². The van der Waals surface area contributed by atoms with Crippen LogP contribution in [-0.2, 0) is 4.79 Å². The fourth-order valence-electron chi connectivity index (χ4n) is 1.77. The van der Waals surface area contributed by atoms with E-state index in [1.165, 1.54) is 11.8 Å². The van der Waals surface area contributed by atoms with Gasteiger partial charge in [-0.1, -0.05) is 48.2 Å². The van der Waals surface area contributed by atoms with Crippen molar-refractivity contribution in [1.82, 2.24) is 10.2 Å². The van der Waals surface area contributed by atoms with Crippen LogP contribution in [0.3, 0.4) is 0 Å². The summed E-state index contributed by atoms with van der Waals surface area (Å²) in [4.78, 5) is 10.8. The number of hydrogen-bond acceptors (Lipinski definition) is 3. The lowest BCUT2D eigenvalue weighted by molar-refractivity contribution is -0.109. The Balaban J connectivity index is 2.04. The van der Waals surface area contributed by atoms with Crippen LogP contribution in [0.1, 0.15) is 18.9 Å². The summed E-state index contributed by atoms with van der Waals surface area (Å²) in [5, 5.41) is 7.13. The van der Waals surface area contributed by atoms with Crippen molar-refractivity contribution in [1.29, 1.82) is 0 Å². The molecule has 98 valence electrons. The predicted molar refractivity (Wildman–Crippen MR) is 80.8 cm³/mol. The van der Waals surface area contributed by atoms with E-state index in [9.17, 15) is 4.79 Å². The maximum atomic E-state index is 10.8. The van der Waals surface area contributed by atoms with Crippen LogP contribution in [0.15, 0.2) is 42.6 Å². The van der Waals surface area contributed by atoms with E-state index >= 15 is 0 Å². The molecule has 0 radical (unpaired) electrons. The van der Waals surface area contributed by atoms with Gasteiger partial charge < -0.3 is 0 Å². The van der Waals surface area contributed by atoms with E-state index in [1.807, 2.05) is 18.2 Å². The van der Waals surface area contributed by atoms with Crippen LogP contribution in [0.2, 0.25) is 0 Å². The number of benzene rings is 1. The summed E-state index contributed by atoms with van der Waals surface area (Å²) in [6.45, 7) is 1.60. The third-order valence-electron chi connectivity index (χ3n) is 2.64. The van der Waals surface area contributed by atoms with Gasteiger partial charge in [0, 0.05) is 24.4 Å². The van der Waals surface area contributed by atoms with Crippen molar-refractivity contribution in [3.63, 3.8) is 0 Å². The molecule has 2 aromatic rings. The summed E-state index contributed by atoms with van der Waals surface area (Å²) in [6.07, 6.45) is 6.84. The van der Waals surface area contributed by atoms with E-state index in [4.69, 9.17) is 0 Å². The van der Waals surface area contributed by atoms with Gasteiger partial charge in [0.15, 0.2) is 5.12 Å². The van der Waals surface area contributed by atoms with Crippen molar-refractivity contribution in [3.8, 4) is 11.3 Å². The van der Waals surface area contributed by atoms with Gasteiger partial charge in [0.05, 0.1) is 5.69 Å². The zero-order valence-corrected chi connectivity index (χ0v) is 11.6. The first-order chi connectivity index (χ1) is 9.27. The number of hydrogen-bond donors (Lipinski definition) is 1. The highest BCUT2D eigenvalue weighted by molar-refractivity contribution is 8.13. The van der Waals surface area contributed by atoms with Crippen LogP contribution in [0, 0.1) is 0 Å². The summed E-state index contributed by atoms with van der Waals surface area (Å²) >= 11 is 1.36. The summed E-state index contributed by atoms with van der Waals surface area (Å²) in [5.41, 5.74) is 3.30. The zero-order chi connectivity index (χ0) is 13.5. The number of allylic oxidation sites excluding steroid dienone is 1. The van der Waals surface area contributed by atoms with E-state index < -0.39 is 0 Å². The lowest BCUT2D eigenvalue weighted by Crippen LogP contribution is -1.85. The number of aromatic amines is 1. The molecule has 1 heterocycles. The van der Waals surface area contributed by atoms with Crippen molar-refractivity contribution in [2.24, 2.45) is 0 Å². The second kappa shape index (κ2) is 6.95. The smallest absolute Gasteiger partial charge is 0.185 e. The summed E-state index contributed by atoms with van der Waals surface area (Å²) in [7, 11) is 0. The Morgan fingerprint density at radius 3 is 2.95 bits per heavy atom. The lowest BCUT2D eigenvalue weighted by atomic mass is 10.0. The molecule has 1 aromatic heterocycles. The first-order valence-electron chi connectivity index (χ1n) is 6.16. The molecule has 0 spiro atoms. The summed E-state index contributed by atoms with van der Waals surface area (Å²) < 4.78 is 0. The third-order valence-corrected chi connectivity index (χ3v) is 3.49. The topological polar surface area (TPSA) is 45.8 Å². The van der Waals surface area contributed by atoms with Crippen LogP contribution >= 0.6 is 11.8 Å². The van der Waals surface area contributed by atoms with Crippen molar-refractivity contribution in [2.75, 3.05) is 5.75 Å². The Labute approximate surface area is 117 Å². The Hall–Kier alpha value is -1.81. The minimum atomic E-state index is 0.172. The maximum Gasteiger partial charge on any atom is 0.185 e. The van der Waals surface area contributed by atoms with Crippen LogP contribution < -0.4 is 0 Å². The highest BCUT2D eigenvalue weighted by atomic mass is 32.2. The second-order valence-corrected chi connectivity index (χ2v) is 5.36. The molecule has 0 fully saturated rings. The SMILES string of the molecule is CC(=O)SCCC=Cc1ccccc1-c1ccn[nH]1. The fraction of sp³-hybridized carbons (Fsp3) is 0.200. The van der Waals surface area contributed by atoms with Gasteiger partial charge in [-0.3, -0.25) is 9.89 Å². The molecular weight excluding hydrogens is 256 g/mol. The standard InChI is InChI=1S/C15H16N2OS/c1-12(18)19-11-5-4-7-13-6-2-3-8-14(13)15-9-10-16-17-15/h2-4,6-10H,5,11H2,1H3,(H,16,17). The number of aromatic nitrogens is 2. The number of carbonyl (C=O) groups excluding carboxylic acids is 1. The number of rotatable bonds is 5. The van der Waals surface area contributed by atoms with Gasteiger partial charge in [0.1, 0.15) is 0 Å². The molecule has 0 aliphatic rings. The lowest BCUT2D eigenvalue weighted by Gasteiger charge is -2.03. The molecule has 0 atom stereocenters. The monoisotopic (exact) mass is 272 g/mol. The summed E-state index contributed by atoms with van der Waals surface area (Å²) in [6, 6.07) is 10.1. The number of thioether (sulfide) groups is 1. The first kappa shape index (κ1) is 13.6. The normalized spacial score (nSPS) is 11.0. The highest BCUT2D eigenvalue weighted by Crippen LogP contribution is 2.22. The van der Waals surface area contributed by atoms with E-state index in [1.54, 1.807) is 13.1 Å². The fourth-order valence-corrected chi connectivity index (χ4v) is 2.32. The maximum absolute atomic E-state index is 10.8. The van der Waals surface area contributed by atoms with E-state index in [0.717, 1.165) is 29.0 Å². The molecule has 0 aliphatic carbocycles. The Morgan fingerprint density at radius 2 is 2.21 bits per heavy atom. The van der Waals surface area contributed by atoms with Gasteiger partial charge in [-0.2, -0.15) is 5.10 Å². The molecule has 0 bridgehead atoms. The molecule has 0 amide bonds. The quantitative estimate of drug-likeness (QED) is 0.843. The van der Waals surface area contributed by atoms with Crippen molar-refractivity contribution >= 4 is 23.0 Å². The van der Waals surface area contributed by atoms with Crippen molar-refractivity contribution in [3.05, 3.63) is 48.2 Å². The number of H-pyrrole nitrogens is 1. The molecule has 0 aliphatic heterocycles. The van der Waals surface area contributed by atoms with Gasteiger partial charge in [0.25, 0.3) is 0 Å². The molecular formula is C15H16N2OS. The zero-order valence-electron chi connectivity index (χ0n) is 10.8. The molecule has 1 aromatic carbocycles. The molecule has 0 saturated heterocycles. The van der Waals surface area contributed by atoms with E-state index in [2.05, 4.69) is 34.5 Å². The highest BCUT2D eigenvalue weighted by Gasteiger charge is 2.02. The largest absolute Gasteiger partial charge is 0.288 e. The number of carbonyl (C=O) groups is 1. The summed E-state index contributed by atoms with van der Waals surface area (Å²) in [5.74, 6) is 0.831. The van der Waals surface area contributed by atoms with Gasteiger partial charge in [0.2, 0.25) is 0 Å².